The third-order valence-corrected chi connectivity index (χ3v) is 6.54. The Bertz CT molecular complexity index is 614. The molecule has 0 bridgehead atoms. The van der Waals surface area contributed by atoms with Crippen molar-refractivity contribution in [3.05, 3.63) is 21.3 Å². The highest BCUT2D eigenvalue weighted by atomic mass is 35.5. The number of hydrogen-bond acceptors (Lipinski definition) is 5. The Hall–Kier alpha value is -0.860. The van der Waals surface area contributed by atoms with Gasteiger partial charge in [0.15, 0.2) is 5.96 Å². The second kappa shape index (κ2) is 11.4. The molecule has 158 valence electrons. The number of aliphatic hydroxyl groups excluding tert-OH is 1. The van der Waals surface area contributed by atoms with Crippen LogP contribution in [0, 0.1) is 0 Å². The molecule has 28 heavy (non-hydrogen) atoms. The van der Waals surface area contributed by atoms with Crippen LogP contribution in [0.2, 0.25) is 4.34 Å². The average Bonchev–Trinajstić information content (AvgIpc) is 3.17. The van der Waals surface area contributed by atoms with Gasteiger partial charge in [-0.15, -0.1) is 11.3 Å². The zero-order valence-electron chi connectivity index (χ0n) is 16.6. The highest BCUT2D eigenvalue weighted by molar-refractivity contribution is 7.16. The van der Waals surface area contributed by atoms with Crippen molar-refractivity contribution in [2.24, 2.45) is 4.99 Å². The quantitative estimate of drug-likeness (QED) is 0.513. The molecule has 0 aromatic carbocycles. The first-order valence-electron chi connectivity index (χ1n) is 10.4. The molecule has 0 amide bonds. The summed E-state index contributed by atoms with van der Waals surface area (Å²) in [6.45, 7) is 6.59. The standard InChI is InChI=1S/C20H32ClN3O3S/c1-2-22-20(23-13-17(25)18-6-7-19(21)28-18)24-10-8-15(9-11-24)27-14-16-5-3-4-12-26-16/h6-7,15-17,25H,2-5,8-14H2,1H3,(H,22,23). The monoisotopic (exact) mass is 429 g/mol. The van der Waals surface area contributed by atoms with Gasteiger partial charge < -0.3 is 24.8 Å². The van der Waals surface area contributed by atoms with Crippen LogP contribution in [-0.2, 0) is 9.47 Å². The predicted octanol–water partition coefficient (Wildman–Crippen LogP) is 3.45. The van der Waals surface area contributed by atoms with E-state index in [-0.39, 0.29) is 6.10 Å². The lowest BCUT2D eigenvalue weighted by Gasteiger charge is -2.35. The number of hydrogen-bond donors (Lipinski definition) is 2. The molecule has 0 aliphatic carbocycles. The Morgan fingerprint density at radius 1 is 1.39 bits per heavy atom. The van der Waals surface area contributed by atoms with E-state index in [0.29, 0.717) is 23.6 Å². The maximum Gasteiger partial charge on any atom is 0.194 e. The molecule has 2 N–H and O–H groups in total. The van der Waals surface area contributed by atoms with Crippen molar-refractivity contribution in [1.29, 1.82) is 0 Å². The normalized spacial score (nSPS) is 23.0. The molecule has 0 radical (unpaired) electrons. The van der Waals surface area contributed by atoms with Crippen molar-refractivity contribution in [2.75, 3.05) is 39.4 Å². The SMILES string of the molecule is CCNC(=NCC(O)c1ccc(Cl)s1)N1CCC(OCC2CCCCO2)CC1. The summed E-state index contributed by atoms with van der Waals surface area (Å²) in [6.07, 6.45) is 5.46. The maximum atomic E-state index is 10.4. The summed E-state index contributed by atoms with van der Waals surface area (Å²) in [5, 5.41) is 13.7. The third-order valence-electron chi connectivity index (χ3n) is 5.20. The molecule has 8 heteroatoms. The molecule has 1 aromatic heterocycles. The Morgan fingerprint density at radius 3 is 2.86 bits per heavy atom. The lowest BCUT2D eigenvalue weighted by Crippen LogP contribution is -2.47. The zero-order chi connectivity index (χ0) is 19.8. The number of ether oxygens (including phenoxy) is 2. The van der Waals surface area contributed by atoms with Crippen molar-refractivity contribution in [1.82, 2.24) is 10.2 Å². The Kier molecular flexibility index (Phi) is 8.86. The summed E-state index contributed by atoms with van der Waals surface area (Å²) in [4.78, 5) is 7.76. The van der Waals surface area contributed by atoms with E-state index in [1.165, 1.54) is 24.2 Å². The molecular weight excluding hydrogens is 398 g/mol. The van der Waals surface area contributed by atoms with E-state index >= 15 is 0 Å². The summed E-state index contributed by atoms with van der Waals surface area (Å²) in [5.74, 6) is 0.860. The third kappa shape index (κ3) is 6.59. The average molecular weight is 430 g/mol. The zero-order valence-corrected chi connectivity index (χ0v) is 18.2. The maximum absolute atomic E-state index is 10.4. The van der Waals surface area contributed by atoms with Crippen LogP contribution >= 0.6 is 22.9 Å². The molecule has 6 nitrogen and oxygen atoms in total. The minimum atomic E-state index is -0.623. The molecule has 2 unspecified atom stereocenters. The second-order valence-electron chi connectivity index (χ2n) is 7.36. The summed E-state index contributed by atoms with van der Waals surface area (Å²) in [7, 11) is 0. The van der Waals surface area contributed by atoms with Gasteiger partial charge in [-0.05, 0) is 51.2 Å². The van der Waals surface area contributed by atoms with E-state index < -0.39 is 6.10 Å². The van der Waals surface area contributed by atoms with Gasteiger partial charge in [-0.2, -0.15) is 0 Å². The van der Waals surface area contributed by atoms with Gasteiger partial charge in [-0.1, -0.05) is 11.6 Å². The van der Waals surface area contributed by atoms with Gasteiger partial charge in [0.05, 0.1) is 29.7 Å². The van der Waals surface area contributed by atoms with Crippen molar-refractivity contribution >= 4 is 28.9 Å². The first-order valence-corrected chi connectivity index (χ1v) is 11.5. The Morgan fingerprint density at radius 2 is 2.21 bits per heavy atom. The van der Waals surface area contributed by atoms with Crippen LogP contribution in [0.3, 0.4) is 0 Å². The van der Waals surface area contributed by atoms with Gasteiger partial charge in [0.2, 0.25) is 0 Å². The number of nitrogens with one attached hydrogen (secondary N) is 1. The van der Waals surface area contributed by atoms with Crippen molar-refractivity contribution in [3.63, 3.8) is 0 Å². The number of rotatable bonds is 7. The van der Waals surface area contributed by atoms with Gasteiger partial charge in [0.1, 0.15) is 6.10 Å². The summed E-state index contributed by atoms with van der Waals surface area (Å²) in [6, 6.07) is 3.67. The number of nitrogens with zero attached hydrogens (tertiary/aromatic N) is 2. The molecule has 3 rings (SSSR count). The lowest BCUT2D eigenvalue weighted by atomic mass is 10.1. The van der Waals surface area contributed by atoms with Gasteiger partial charge in [-0.3, -0.25) is 4.99 Å². The fraction of sp³-hybridized carbons (Fsp3) is 0.750. The fourth-order valence-corrected chi connectivity index (χ4v) is 4.65. The van der Waals surface area contributed by atoms with E-state index in [2.05, 4.69) is 22.1 Å². The largest absolute Gasteiger partial charge is 0.386 e. The number of aliphatic hydroxyl groups is 1. The van der Waals surface area contributed by atoms with E-state index in [0.717, 1.165) is 56.3 Å². The molecule has 2 saturated heterocycles. The van der Waals surface area contributed by atoms with E-state index in [4.69, 9.17) is 21.1 Å². The van der Waals surface area contributed by atoms with Gasteiger partial charge >= 0.3 is 0 Å². The number of thiophene rings is 1. The molecule has 2 aliphatic rings. The van der Waals surface area contributed by atoms with Gasteiger partial charge in [0.25, 0.3) is 0 Å². The van der Waals surface area contributed by atoms with Crippen LogP contribution in [0.5, 0.6) is 0 Å². The van der Waals surface area contributed by atoms with Crippen LogP contribution < -0.4 is 5.32 Å². The van der Waals surface area contributed by atoms with Crippen LogP contribution in [0.25, 0.3) is 0 Å². The van der Waals surface area contributed by atoms with Crippen molar-refractivity contribution in [2.45, 2.75) is 57.3 Å². The van der Waals surface area contributed by atoms with Crippen molar-refractivity contribution < 1.29 is 14.6 Å². The number of halogens is 1. The van der Waals surface area contributed by atoms with Crippen LogP contribution in [0.4, 0.5) is 0 Å². The molecule has 2 atom stereocenters. The Balaban J connectivity index is 1.45. The minimum Gasteiger partial charge on any atom is -0.386 e. The molecule has 2 aliphatic heterocycles. The molecule has 1 aromatic rings. The van der Waals surface area contributed by atoms with Gasteiger partial charge in [0, 0.05) is 31.1 Å². The number of guanidine groups is 1. The Labute approximate surface area is 176 Å². The molecule has 0 spiro atoms. The summed E-state index contributed by atoms with van der Waals surface area (Å²) >= 11 is 7.36. The first kappa shape index (κ1) is 21.8. The smallest absolute Gasteiger partial charge is 0.194 e. The number of piperidine rings is 1. The summed E-state index contributed by atoms with van der Waals surface area (Å²) < 4.78 is 12.5. The van der Waals surface area contributed by atoms with E-state index in [1.807, 2.05) is 12.1 Å². The van der Waals surface area contributed by atoms with E-state index in [1.54, 1.807) is 0 Å². The highest BCUT2D eigenvalue weighted by Gasteiger charge is 2.24. The van der Waals surface area contributed by atoms with Gasteiger partial charge in [-0.25, -0.2) is 0 Å². The molecular formula is C20H32ClN3O3S. The molecule has 0 saturated carbocycles. The molecule has 3 heterocycles. The fourth-order valence-electron chi connectivity index (χ4n) is 3.61. The first-order chi connectivity index (χ1) is 13.7. The van der Waals surface area contributed by atoms with Crippen LogP contribution in [0.15, 0.2) is 17.1 Å². The summed E-state index contributed by atoms with van der Waals surface area (Å²) in [5.41, 5.74) is 0. The highest BCUT2D eigenvalue weighted by Crippen LogP contribution is 2.27. The minimum absolute atomic E-state index is 0.276. The topological polar surface area (TPSA) is 66.3 Å². The predicted molar refractivity (Wildman–Crippen MR) is 114 cm³/mol. The number of aliphatic imine (C=N–C) groups is 1. The van der Waals surface area contributed by atoms with E-state index in [9.17, 15) is 5.11 Å². The molecule has 2 fully saturated rings. The van der Waals surface area contributed by atoms with Crippen LogP contribution in [0.1, 0.15) is 50.0 Å². The van der Waals surface area contributed by atoms with Crippen LogP contribution in [-0.4, -0.2) is 67.6 Å². The number of likely N-dealkylation sites (tertiary alicyclic amines) is 1. The second-order valence-corrected chi connectivity index (χ2v) is 9.11. The lowest BCUT2D eigenvalue weighted by molar-refractivity contribution is -0.0721. The van der Waals surface area contributed by atoms with Crippen molar-refractivity contribution in [3.8, 4) is 0 Å².